The van der Waals surface area contributed by atoms with Gasteiger partial charge < -0.3 is 16.0 Å². The lowest BCUT2D eigenvalue weighted by Crippen LogP contribution is -2.48. The number of hydrogen-bond donors (Lipinski definition) is 2. The molecular weight excluding hydrogens is 303 g/mol. The highest BCUT2D eigenvalue weighted by Crippen LogP contribution is 2.25. The minimum absolute atomic E-state index is 0.133. The predicted octanol–water partition coefficient (Wildman–Crippen LogP) is 1.53. The molecule has 0 saturated carbocycles. The van der Waals surface area contributed by atoms with E-state index in [1.165, 1.54) is 23.5 Å². The molecule has 1 aliphatic heterocycles. The first-order valence-electron chi connectivity index (χ1n) is 7.10. The normalized spacial score (nSPS) is 18.5. The SMILES string of the molecule is NCc1nc(C(=O)N2CCNCC2c2cccc(F)c2)cs1. The van der Waals surface area contributed by atoms with E-state index in [0.29, 0.717) is 31.9 Å². The first-order chi connectivity index (χ1) is 10.7. The monoisotopic (exact) mass is 320 g/mol. The summed E-state index contributed by atoms with van der Waals surface area (Å²) in [5.41, 5.74) is 6.75. The van der Waals surface area contributed by atoms with Crippen LogP contribution < -0.4 is 11.1 Å². The van der Waals surface area contributed by atoms with E-state index in [9.17, 15) is 9.18 Å². The van der Waals surface area contributed by atoms with Crippen molar-refractivity contribution in [2.75, 3.05) is 19.6 Å². The van der Waals surface area contributed by atoms with Gasteiger partial charge >= 0.3 is 0 Å². The van der Waals surface area contributed by atoms with Crippen molar-refractivity contribution in [2.24, 2.45) is 5.73 Å². The molecule has 1 saturated heterocycles. The topological polar surface area (TPSA) is 71.2 Å². The highest BCUT2D eigenvalue weighted by molar-refractivity contribution is 7.09. The summed E-state index contributed by atoms with van der Waals surface area (Å²) >= 11 is 1.38. The molecule has 3 rings (SSSR count). The molecule has 1 unspecified atom stereocenters. The summed E-state index contributed by atoms with van der Waals surface area (Å²) in [7, 11) is 0. The number of carbonyl (C=O) groups is 1. The molecule has 1 atom stereocenters. The van der Waals surface area contributed by atoms with E-state index in [0.717, 1.165) is 10.6 Å². The van der Waals surface area contributed by atoms with Crippen LogP contribution in [-0.2, 0) is 6.54 Å². The van der Waals surface area contributed by atoms with E-state index in [2.05, 4.69) is 10.3 Å². The van der Waals surface area contributed by atoms with Crippen LogP contribution >= 0.6 is 11.3 Å². The third kappa shape index (κ3) is 3.01. The van der Waals surface area contributed by atoms with Crippen molar-refractivity contribution in [3.63, 3.8) is 0 Å². The van der Waals surface area contributed by atoms with Gasteiger partial charge in [-0.2, -0.15) is 0 Å². The van der Waals surface area contributed by atoms with Crippen molar-refractivity contribution in [1.29, 1.82) is 0 Å². The van der Waals surface area contributed by atoms with Crippen LogP contribution in [0.15, 0.2) is 29.6 Å². The molecule has 0 bridgehead atoms. The molecule has 116 valence electrons. The number of carbonyl (C=O) groups excluding carboxylic acids is 1. The Labute approximate surface area is 132 Å². The molecule has 22 heavy (non-hydrogen) atoms. The Hall–Kier alpha value is -1.83. The third-order valence-corrected chi connectivity index (χ3v) is 4.55. The van der Waals surface area contributed by atoms with E-state index < -0.39 is 0 Å². The van der Waals surface area contributed by atoms with Crippen molar-refractivity contribution < 1.29 is 9.18 Å². The average Bonchev–Trinajstić information content (AvgIpc) is 3.03. The number of piperazine rings is 1. The Morgan fingerprint density at radius 3 is 3.14 bits per heavy atom. The highest BCUT2D eigenvalue weighted by Gasteiger charge is 2.29. The molecule has 0 spiro atoms. The number of aromatic nitrogens is 1. The molecular formula is C15H17FN4OS. The second kappa shape index (κ2) is 6.51. The Kier molecular flexibility index (Phi) is 4.47. The van der Waals surface area contributed by atoms with E-state index in [1.807, 2.05) is 6.07 Å². The molecule has 1 aromatic heterocycles. The lowest BCUT2D eigenvalue weighted by molar-refractivity contribution is 0.0628. The Balaban J connectivity index is 1.87. The fourth-order valence-corrected chi connectivity index (χ4v) is 3.26. The number of amides is 1. The molecule has 1 aliphatic rings. The minimum atomic E-state index is -0.297. The molecule has 5 nitrogen and oxygen atoms in total. The van der Waals surface area contributed by atoms with Crippen LogP contribution in [0.5, 0.6) is 0 Å². The number of nitrogens with zero attached hydrogens (tertiary/aromatic N) is 2. The van der Waals surface area contributed by atoms with Gasteiger partial charge in [-0.05, 0) is 17.7 Å². The van der Waals surface area contributed by atoms with Crippen molar-refractivity contribution in [2.45, 2.75) is 12.6 Å². The third-order valence-electron chi connectivity index (χ3n) is 3.68. The number of thiazole rings is 1. The number of halogens is 1. The van der Waals surface area contributed by atoms with Gasteiger partial charge in [0.25, 0.3) is 5.91 Å². The van der Waals surface area contributed by atoms with Gasteiger partial charge in [0, 0.05) is 31.6 Å². The second-order valence-electron chi connectivity index (χ2n) is 5.10. The molecule has 3 N–H and O–H groups in total. The average molecular weight is 320 g/mol. The van der Waals surface area contributed by atoms with Crippen molar-refractivity contribution in [3.8, 4) is 0 Å². The van der Waals surface area contributed by atoms with Gasteiger partial charge in [-0.3, -0.25) is 4.79 Å². The molecule has 7 heteroatoms. The van der Waals surface area contributed by atoms with E-state index in [1.54, 1.807) is 16.3 Å². The zero-order valence-electron chi connectivity index (χ0n) is 12.0. The second-order valence-corrected chi connectivity index (χ2v) is 6.05. The van der Waals surface area contributed by atoms with Gasteiger partial charge in [0.1, 0.15) is 16.5 Å². The fraction of sp³-hybridized carbons (Fsp3) is 0.333. The van der Waals surface area contributed by atoms with Gasteiger partial charge in [-0.15, -0.1) is 11.3 Å². The summed E-state index contributed by atoms with van der Waals surface area (Å²) in [4.78, 5) is 18.7. The van der Waals surface area contributed by atoms with Crippen LogP contribution in [0.4, 0.5) is 4.39 Å². The number of nitrogens with one attached hydrogen (secondary N) is 1. The standard InChI is InChI=1S/C15H17FN4OS/c16-11-3-1-2-10(6-11)13-8-18-4-5-20(13)15(21)12-9-22-14(7-17)19-12/h1-3,6,9,13,18H,4-5,7-8,17H2. The summed E-state index contributed by atoms with van der Waals surface area (Å²) in [6.07, 6.45) is 0. The Bertz CT molecular complexity index is 675. The molecule has 0 radical (unpaired) electrons. The first kappa shape index (κ1) is 15.1. The van der Waals surface area contributed by atoms with Gasteiger partial charge in [-0.1, -0.05) is 12.1 Å². The number of rotatable bonds is 3. The number of benzene rings is 1. The van der Waals surface area contributed by atoms with Crippen molar-refractivity contribution in [3.05, 3.63) is 51.7 Å². The quantitative estimate of drug-likeness (QED) is 0.900. The minimum Gasteiger partial charge on any atom is -0.328 e. The van der Waals surface area contributed by atoms with Crippen LogP contribution in [0.3, 0.4) is 0 Å². The van der Waals surface area contributed by atoms with Crippen LogP contribution in [0, 0.1) is 5.82 Å². The number of nitrogens with two attached hydrogens (primary N) is 1. The first-order valence-corrected chi connectivity index (χ1v) is 7.98. The van der Waals surface area contributed by atoms with Crippen LogP contribution in [-0.4, -0.2) is 35.4 Å². The van der Waals surface area contributed by atoms with Crippen molar-refractivity contribution in [1.82, 2.24) is 15.2 Å². The zero-order valence-corrected chi connectivity index (χ0v) is 12.8. The maximum Gasteiger partial charge on any atom is 0.273 e. The maximum absolute atomic E-state index is 13.5. The van der Waals surface area contributed by atoms with Gasteiger partial charge in [0.2, 0.25) is 0 Å². The van der Waals surface area contributed by atoms with Crippen LogP contribution in [0.2, 0.25) is 0 Å². The lowest BCUT2D eigenvalue weighted by Gasteiger charge is -2.36. The summed E-state index contributed by atoms with van der Waals surface area (Å²) in [6, 6.07) is 6.19. The van der Waals surface area contributed by atoms with E-state index in [4.69, 9.17) is 5.73 Å². The molecule has 2 aromatic rings. The molecule has 1 amide bonds. The maximum atomic E-state index is 13.5. The van der Waals surface area contributed by atoms with Gasteiger partial charge in [0.15, 0.2) is 0 Å². The summed E-state index contributed by atoms with van der Waals surface area (Å²) < 4.78 is 13.5. The Morgan fingerprint density at radius 2 is 2.41 bits per heavy atom. The van der Waals surface area contributed by atoms with Crippen LogP contribution in [0.1, 0.15) is 27.1 Å². The van der Waals surface area contributed by atoms with Gasteiger partial charge in [0.05, 0.1) is 6.04 Å². The van der Waals surface area contributed by atoms with E-state index in [-0.39, 0.29) is 17.8 Å². The zero-order chi connectivity index (χ0) is 15.5. The van der Waals surface area contributed by atoms with Gasteiger partial charge in [-0.25, -0.2) is 9.37 Å². The molecule has 1 fully saturated rings. The van der Waals surface area contributed by atoms with Crippen molar-refractivity contribution >= 4 is 17.2 Å². The predicted molar refractivity (Wildman–Crippen MR) is 83.1 cm³/mol. The summed E-state index contributed by atoms with van der Waals surface area (Å²) in [5.74, 6) is -0.429. The molecule has 0 aliphatic carbocycles. The van der Waals surface area contributed by atoms with E-state index >= 15 is 0 Å². The highest BCUT2D eigenvalue weighted by atomic mass is 32.1. The Morgan fingerprint density at radius 1 is 1.55 bits per heavy atom. The fourth-order valence-electron chi connectivity index (χ4n) is 2.61. The number of hydrogen-bond acceptors (Lipinski definition) is 5. The lowest BCUT2D eigenvalue weighted by atomic mass is 10.0. The molecule has 2 heterocycles. The largest absolute Gasteiger partial charge is 0.328 e. The smallest absolute Gasteiger partial charge is 0.273 e. The van der Waals surface area contributed by atoms with Crippen LogP contribution in [0.25, 0.3) is 0 Å². The summed E-state index contributed by atoms with van der Waals surface area (Å²) in [6.45, 7) is 2.21. The summed E-state index contributed by atoms with van der Waals surface area (Å²) in [5, 5.41) is 5.72. The molecule has 1 aromatic carbocycles.